The Morgan fingerprint density at radius 1 is 1.48 bits per heavy atom. The Morgan fingerprint density at radius 2 is 2.22 bits per heavy atom. The topological polar surface area (TPSA) is 123 Å². The van der Waals surface area contributed by atoms with Crippen LogP contribution in [0.5, 0.6) is 0 Å². The van der Waals surface area contributed by atoms with Crippen LogP contribution in [-0.2, 0) is 4.79 Å². The van der Waals surface area contributed by atoms with E-state index in [1.165, 1.54) is 35.2 Å². The summed E-state index contributed by atoms with van der Waals surface area (Å²) in [5, 5.41) is 13.1. The summed E-state index contributed by atoms with van der Waals surface area (Å²) >= 11 is 0. The number of hydrogen-bond acceptors (Lipinski definition) is 4. The maximum absolute atomic E-state index is 13.5. The maximum Gasteiger partial charge on any atom is 0.254 e. The number of halogens is 1. The largest absolute Gasteiger partial charge is 0.402 e. The fourth-order valence-electron chi connectivity index (χ4n) is 2.55. The van der Waals surface area contributed by atoms with Crippen molar-refractivity contribution in [3.05, 3.63) is 59.3 Å². The Labute approximate surface area is 155 Å². The van der Waals surface area contributed by atoms with Gasteiger partial charge in [-0.05, 0) is 50.0 Å². The standard InChI is InChI=1S/C19H19FN6O/c1-11(19(27)25-18(23)7-17(22)12-2-3-12)14-9-24-26(10-14)15-4-5-16(20)13(6-15)8-21/h4-7,9-12H,2-3,22H2,1H3,(H2,23,25,27)/b17-7-. The number of carbonyl (C=O) groups excluding carboxylic acids is 1. The van der Waals surface area contributed by atoms with Gasteiger partial charge in [0.2, 0.25) is 0 Å². The van der Waals surface area contributed by atoms with Gasteiger partial charge in [-0.1, -0.05) is 0 Å². The molecule has 4 N–H and O–H groups in total. The van der Waals surface area contributed by atoms with E-state index in [-0.39, 0.29) is 11.4 Å². The molecule has 7 nitrogen and oxygen atoms in total. The highest BCUT2D eigenvalue weighted by atomic mass is 19.1. The van der Waals surface area contributed by atoms with Gasteiger partial charge >= 0.3 is 0 Å². The monoisotopic (exact) mass is 366 g/mol. The zero-order valence-corrected chi connectivity index (χ0v) is 14.8. The summed E-state index contributed by atoms with van der Waals surface area (Å²) in [6, 6.07) is 5.87. The van der Waals surface area contributed by atoms with Gasteiger partial charge in [0.25, 0.3) is 5.91 Å². The highest BCUT2D eigenvalue weighted by molar-refractivity contribution is 6.02. The second kappa shape index (κ2) is 7.41. The first-order chi connectivity index (χ1) is 12.9. The molecule has 138 valence electrons. The van der Waals surface area contributed by atoms with Crippen LogP contribution >= 0.6 is 0 Å². The van der Waals surface area contributed by atoms with E-state index in [0.717, 1.165) is 12.8 Å². The maximum atomic E-state index is 13.5. The van der Waals surface area contributed by atoms with Crippen molar-refractivity contribution in [2.45, 2.75) is 25.7 Å². The zero-order valence-electron chi connectivity index (χ0n) is 14.8. The van der Waals surface area contributed by atoms with Crippen LogP contribution in [0.1, 0.15) is 36.8 Å². The van der Waals surface area contributed by atoms with Crippen LogP contribution in [0.25, 0.3) is 5.69 Å². The van der Waals surface area contributed by atoms with Crippen molar-refractivity contribution < 1.29 is 9.18 Å². The average molecular weight is 366 g/mol. The van der Waals surface area contributed by atoms with Gasteiger partial charge in [0.05, 0.1) is 23.4 Å². The van der Waals surface area contributed by atoms with Crippen LogP contribution in [0.15, 0.2) is 47.4 Å². The van der Waals surface area contributed by atoms with Gasteiger partial charge in [-0.15, -0.1) is 0 Å². The molecular weight excluding hydrogens is 347 g/mol. The molecule has 1 aromatic heterocycles. The summed E-state index contributed by atoms with van der Waals surface area (Å²) < 4.78 is 14.9. The van der Waals surface area contributed by atoms with Gasteiger partial charge in [-0.25, -0.2) is 9.07 Å². The first kappa shape index (κ1) is 18.3. The van der Waals surface area contributed by atoms with Crippen LogP contribution in [0.4, 0.5) is 4.39 Å². The molecule has 1 atom stereocenters. The summed E-state index contributed by atoms with van der Waals surface area (Å²) in [4.78, 5) is 16.2. The first-order valence-electron chi connectivity index (χ1n) is 8.48. The molecule has 0 spiro atoms. The summed E-state index contributed by atoms with van der Waals surface area (Å²) in [6.45, 7) is 1.69. The summed E-state index contributed by atoms with van der Waals surface area (Å²) in [6.07, 6.45) is 6.77. The Balaban J connectivity index is 1.76. The number of rotatable bonds is 5. The zero-order chi connectivity index (χ0) is 19.6. The van der Waals surface area contributed by atoms with Crippen molar-refractivity contribution in [1.29, 1.82) is 5.26 Å². The van der Waals surface area contributed by atoms with E-state index >= 15 is 0 Å². The molecule has 1 unspecified atom stereocenters. The number of benzene rings is 1. The second-order valence-electron chi connectivity index (χ2n) is 6.51. The number of aromatic nitrogens is 2. The molecule has 0 radical (unpaired) electrons. The minimum Gasteiger partial charge on any atom is -0.402 e. The molecule has 1 aliphatic rings. The molecule has 1 aliphatic carbocycles. The van der Waals surface area contributed by atoms with Crippen LogP contribution < -0.4 is 11.5 Å². The van der Waals surface area contributed by atoms with Gasteiger partial charge in [-0.3, -0.25) is 4.79 Å². The van der Waals surface area contributed by atoms with Gasteiger partial charge in [0.15, 0.2) is 0 Å². The van der Waals surface area contributed by atoms with E-state index in [9.17, 15) is 9.18 Å². The van der Waals surface area contributed by atoms with Crippen LogP contribution in [0.3, 0.4) is 0 Å². The molecule has 1 fully saturated rings. The third kappa shape index (κ3) is 4.20. The average Bonchev–Trinajstić information content (AvgIpc) is 3.39. The third-order valence-corrected chi connectivity index (χ3v) is 4.41. The Morgan fingerprint density at radius 3 is 2.89 bits per heavy atom. The molecule has 2 aromatic rings. The summed E-state index contributed by atoms with van der Waals surface area (Å²) in [7, 11) is 0. The van der Waals surface area contributed by atoms with Crippen LogP contribution in [-0.4, -0.2) is 21.5 Å². The van der Waals surface area contributed by atoms with Crippen molar-refractivity contribution in [1.82, 2.24) is 9.78 Å². The lowest BCUT2D eigenvalue weighted by molar-refractivity contribution is -0.118. The molecule has 0 bridgehead atoms. The van der Waals surface area contributed by atoms with Crippen molar-refractivity contribution in [2.75, 3.05) is 0 Å². The normalized spacial score (nSPS) is 16.0. The molecule has 1 amide bonds. The lowest BCUT2D eigenvalue weighted by atomic mass is 10.1. The molecule has 3 rings (SSSR count). The lowest BCUT2D eigenvalue weighted by Gasteiger charge is -2.05. The molecule has 0 aliphatic heterocycles. The van der Waals surface area contributed by atoms with Gasteiger partial charge in [0, 0.05) is 17.5 Å². The van der Waals surface area contributed by atoms with Gasteiger partial charge in [0.1, 0.15) is 17.7 Å². The number of amidine groups is 1. The Hall–Kier alpha value is -3.47. The molecule has 1 aromatic carbocycles. The van der Waals surface area contributed by atoms with Gasteiger partial charge < -0.3 is 11.5 Å². The second-order valence-corrected chi connectivity index (χ2v) is 6.51. The minimum absolute atomic E-state index is 0.0777. The van der Waals surface area contributed by atoms with Crippen molar-refractivity contribution >= 4 is 11.7 Å². The molecular formula is C19H19FN6O. The highest BCUT2D eigenvalue weighted by Crippen LogP contribution is 2.33. The highest BCUT2D eigenvalue weighted by Gasteiger charge is 2.24. The molecule has 1 saturated carbocycles. The minimum atomic E-state index is -0.597. The Bertz CT molecular complexity index is 980. The summed E-state index contributed by atoms with van der Waals surface area (Å²) in [5.41, 5.74) is 13.4. The van der Waals surface area contributed by atoms with Crippen molar-refractivity contribution in [3.8, 4) is 11.8 Å². The quantitative estimate of drug-likeness (QED) is 0.620. The lowest BCUT2D eigenvalue weighted by Crippen LogP contribution is -2.17. The Kier molecular flexibility index (Phi) is 5.03. The molecule has 8 heteroatoms. The van der Waals surface area contributed by atoms with Crippen molar-refractivity contribution in [3.63, 3.8) is 0 Å². The van der Waals surface area contributed by atoms with E-state index in [1.54, 1.807) is 19.2 Å². The number of aliphatic imine (C=N–C) groups is 1. The first-order valence-corrected chi connectivity index (χ1v) is 8.48. The fraction of sp³-hybridized carbons (Fsp3) is 0.263. The smallest absolute Gasteiger partial charge is 0.254 e. The number of carbonyl (C=O) groups is 1. The number of hydrogen-bond donors (Lipinski definition) is 2. The predicted octanol–water partition coefficient (Wildman–Crippen LogP) is 2.12. The fourth-order valence-corrected chi connectivity index (χ4v) is 2.55. The molecule has 0 saturated heterocycles. The van der Waals surface area contributed by atoms with Crippen molar-refractivity contribution in [2.24, 2.45) is 22.4 Å². The van der Waals surface area contributed by atoms with Crippen LogP contribution in [0, 0.1) is 23.1 Å². The van der Waals surface area contributed by atoms with Crippen LogP contribution in [0.2, 0.25) is 0 Å². The number of nitrogens with two attached hydrogens (primary N) is 2. The number of amides is 1. The van der Waals surface area contributed by atoms with E-state index in [4.69, 9.17) is 16.7 Å². The third-order valence-electron chi connectivity index (χ3n) is 4.41. The molecule has 27 heavy (non-hydrogen) atoms. The molecule has 1 heterocycles. The van der Waals surface area contributed by atoms with E-state index < -0.39 is 17.6 Å². The number of nitriles is 1. The van der Waals surface area contributed by atoms with E-state index in [0.29, 0.717) is 22.9 Å². The number of nitrogens with zero attached hydrogens (tertiary/aromatic N) is 4. The summed E-state index contributed by atoms with van der Waals surface area (Å²) in [5.74, 6) is -1.15. The SMILES string of the molecule is CC(C(=O)N=C(N)/C=C(\N)C1CC1)c1cnn(-c2ccc(F)c(C#N)c2)c1. The van der Waals surface area contributed by atoms with E-state index in [2.05, 4.69) is 10.1 Å². The van der Waals surface area contributed by atoms with Gasteiger partial charge in [-0.2, -0.15) is 15.4 Å². The predicted molar refractivity (Wildman–Crippen MR) is 98.3 cm³/mol. The number of allylic oxidation sites excluding steroid dienone is 1. The van der Waals surface area contributed by atoms with E-state index in [1.807, 2.05) is 0 Å².